The van der Waals surface area contributed by atoms with Crippen molar-refractivity contribution in [1.29, 1.82) is 0 Å². The van der Waals surface area contributed by atoms with Crippen LogP contribution >= 0.6 is 0 Å². The lowest BCUT2D eigenvalue weighted by atomic mass is 10.1. The van der Waals surface area contributed by atoms with Gasteiger partial charge >= 0.3 is 0 Å². The van der Waals surface area contributed by atoms with E-state index in [9.17, 15) is 9.59 Å². The summed E-state index contributed by atoms with van der Waals surface area (Å²) in [6, 6.07) is 13.0. The molecule has 0 saturated heterocycles. The molecule has 2 aromatic carbocycles. The Labute approximate surface area is 146 Å². The van der Waals surface area contributed by atoms with E-state index in [1.54, 1.807) is 32.4 Å². The summed E-state index contributed by atoms with van der Waals surface area (Å²) in [5.41, 5.74) is 2.19. The molecule has 0 bridgehead atoms. The summed E-state index contributed by atoms with van der Waals surface area (Å²) in [5.74, 6) is 1.09. The predicted molar refractivity (Wildman–Crippen MR) is 95.3 cm³/mol. The number of likely N-dealkylation sites (N-methyl/N-ethyl adjacent to an activating group) is 1. The Kier molecular flexibility index (Phi) is 4.88. The number of anilines is 2. The molecule has 0 aliphatic carbocycles. The van der Waals surface area contributed by atoms with Crippen LogP contribution in [-0.2, 0) is 16.0 Å². The van der Waals surface area contributed by atoms with Gasteiger partial charge in [-0.25, -0.2) is 0 Å². The maximum atomic E-state index is 12.3. The van der Waals surface area contributed by atoms with E-state index in [0.29, 0.717) is 30.0 Å². The summed E-state index contributed by atoms with van der Waals surface area (Å²) in [4.78, 5) is 25.7. The molecule has 0 aromatic heterocycles. The SMILES string of the molecule is COc1cccc(CCC(=O)Nc2cccc3c2N(C)C(=O)CO3)c1. The summed E-state index contributed by atoms with van der Waals surface area (Å²) in [7, 11) is 3.29. The Morgan fingerprint density at radius 1 is 1.28 bits per heavy atom. The monoisotopic (exact) mass is 340 g/mol. The van der Waals surface area contributed by atoms with Gasteiger partial charge in [-0.3, -0.25) is 9.59 Å². The highest BCUT2D eigenvalue weighted by molar-refractivity contribution is 6.04. The zero-order valence-corrected chi connectivity index (χ0v) is 14.2. The molecule has 0 unspecified atom stereocenters. The molecule has 0 saturated carbocycles. The molecule has 2 aromatic rings. The zero-order chi connectivity index (χ0) is 17.8. The fourth-order valence-corrected chi connectivity index (χ4v) is 2.75. The number of para-hydroxylation sites is 1. The number of amides is 2. The number of aryl methyl sites for hydroxylation is 1. The summed E-state index contributed by atoms with van der Waals surface area (Å²) in [6.07, 6.45) is 0.929. The van der Waals surface area contributed by atoms with Crippen LogP contribution in [0.1, 0.15) is 12.0 Å². The van der Waals surface area contributed by atoms with Gasteiger partial charge in [-0.15, -0.1) is 0 Å². The molecule has 0 radical (unpaired) electrons. The van der Waals surface area contributed by atoms with Gasteiger partial charge < -0.3 is 19.7 Å². The molecule has 1 N–H and O–H groups in total. The first-order chi connectivity index (χ1) is 12.1. The van der Waals surface area contributed by atoms with Gasteiger partial charge in [0.05, 0.1) is 12.8 Å². The van der Waals surface area contributed by atoms with Crippen LogP contribution in [0.3, 0.4) is 0 Å². The van der Waals surface area contributed by atoms with Crippen molar-refractivity contribution in [3.05, 3.63) is 48.0 Å². The second kappa shape index (κ2) is 7.25. The van der Waals surface area contributed by atoms with Crippen LogP contribution in [0, 0.1) is 0 Å². The fourth-order valence-electron chi connectivity index (χ4n) is 2.75. The molecule has 6 nitrogen and oxygen atoms in total. The molecule has 0 spiro atoms. The van der Waals surface area contributed by atoms with Crippen LogP contribution in [0.4, 0.5) is 11.4 Å². The summed E-state index contributed by atoms with van der Waals surface area (Å²) in [5, 5.41) is 2.88. The van der Waals surface area contributed by atoms with Gasteiger partial charge in [0.15, 0.2) is 6.61 Å². The number of fused-ring (bicyclic) bond motifs is 1. The first-order valence-electron chi connectivity index (χ1n) is 8.03. The first kappa shape index (κ1) is 16.8. The summed E-state index contributed by atoms with van der Waals surface area (Å²) < 4.78 is 10.6. The maximum absolute atomic E-state index is 12.3. The van der Waals surface area contributed by atoms with Gasteiger partial charge in [0.25, 0.3) is 5.91 Å². The van der Waals surface area contributed by atoms with Gasteiger partial charge in [0.1, 0.15) is 17.2 Å². The minimum Gasteiger partial charge on any atom is -0.497 e. The van der Waals surface area contributed by atoms with E-state index in [4.69, 9.17) is 9.47 Å². The van der Waals surface area contributed by atoms with E-state index < -0.39 is 0 Å². The molecule has 1 heterocycles. The van der Waals surface area contributed by atoms with Crippen molar-refractivity contribution in [2.24, 2.45) is 0 Å². The molecule has 0 fully saturated rings. The summed E-state index contributed by atoms with van der Waals surface area (Å²) >= 11 is 0. The van der Waals surface area contributed by atoms with E-state index in [-0.39, 0.29) is 18.4 Å². The van der Waals surface area contributed by atoms with Crippen LogP contribution in [-0.4, -0.2) is 32.6 Å². The van der Waals surface area contributed by atoms with E-state index in [1.165, 1.54) is 4.90 Å². The van der Waals surface area contributed by atoms with Crippen molar-refractivity contribution in [2.75, 3.05) is 31.0 Å². The average molecular weight is 340 g/mol. The normalized spacial score (nSPS) is 13.0. The largest absolute Gasteiger partial charge is 0.497 e. The first-order valence-corrected chi connectivity index (χ1v) is 8.03. The average Bonchev–Trinajstić information content (AvgIpc) is 2.63. The third-order valence-corrected chi connectivity index (χ3v) is 4.11. The highest BCUT2D eigenvalue weighted by Gasteiger charge is 2.25. The molecule has 25 heavy (non-hydrogen) atoms. The highest BCUT2D eigenvalue weighted by atomic mass is 16.5. The molecular weight excluding hydrogens is 320 g/mol. The van der Waals surface area contributed by atoms with Crippen LogP contribution in [0.25, 0.3) is 0 Å². The van der Waals surface area contributed by atoms with Gasteiger partial charge in [0, 0.05) is 13.5 Å². The quantitative estimate of drug-likeness (QED) is 0.908. The lowest BCUT2D eigenvalue weighted by Gasteiger charge is -2.28. The lowest BCUT2D eigenvalue weighted by Crippen LogP contribution is -2.36. The minimum atomic E-state index is -0.148. The third-order valence-electron chi connectivity index (χ3n) is 4.11. The number of benzene rings is 2. The van der Waals surface area contributed by atoms with Crippen molar-refractivity contribution in [3.8, 4) is 11.5 Å². The summed E-state index contributed by atoms with van der Waals surface area (Å²) in [6.45, 7) is 0.0107. The number of ether oxygens (including phenoxy) is 2. The van der Waals surface area contributed by atoms with Gasteiger partial charge in [-0.1, -0.05) is 18.2 Å². The van der Waals surface area contributed by atoms with Crippen molar-refractivity contribution < 1.29 is 19.1 Å². The number of hydrogen-bond donors (Lipinski definition) is 1. The molecule has 130 valence electrons. The molecule has 1 aliphatic rings. The molecular formula is C19H20N2O4. The Bertz CT molecular complexity index is 804. The van der Waals surface area contributed by atoms with Crippen LogP contribution in [0.15, 0.2) is 42.5 Å². The van der Waals surface area contributed by atoms with Crippen LogP contribution in [0.5, 0.6) is 11.5 Å². The number of methoxy groups -OCH3 is 1. The molecule has 2 amide bonds. The maximum Gasteiger partial charge on any atom is 0.264 e. The highest BCUT2D eigenvalue weighted by Crippen LogP contribution is 2.38. The van der Waals surface area contributed by atoms with Crippen LogP contribution in [0.2, 0.25) is 0 Å². The minimum absolute atomic E-state index is 0.0107. The van der Waals surface area contributed by atoms with E-state index in [0.717, 1.165) is 11.3 Å². The molecule has 1 aliphatic heterocycles. The van der Waals surface area contributed by atoms with Crippen molar-refractivity contribution in [3.63, 3.8) is 0 Å². The number of rotatable bonds is 5. The smallest absolute Gasteiger partial charge is 0.264 e. The second-order valence-corrected chi connectivity index (χ2v) is 5.79. The van der Waals surface area contributed by atoms with Gasteiger partial charge in [0.2, 0.25) is 5.91 Å². The van der Waals surface area contributed by atoms with E-state index in [2.05, 4.69) is 5.32 Å². The molecule has 6 heteroatoms. The topological polar surface area (TPSA) is 67.9 Å². The second-order valence-electron chi connectivity index (χ2n) is 5.79. The predicted octanol–water partition coefficient (Wildman–Crippen LogP) is 2.62. The van der Waals surface area contributed by atoms with Crippen molar-refractivity contribution in [2.45, 2.75) is 12.8 Å². The Hall–Kier alpha value is -3.02. The third kappa shape index (κ3) is 3.74. The standard InChI is InChI=1S/C19H20N2O4/c1-21-18(23)12-25-16-8-4-7-15(19(16)21)20-17(22)10-9-13-5-3-6-14(11-13)24-2/h3-8,11H,9-10,12H2,1-2H3,(H,20,22). The molecule has 0 atom stereocenters. The Morgan fingerprint density at radius 3 is 2.88 bits per heavy atom. The number of carbonyl (C=O) groups is 2. The van der Waals surface area contributed by atoms with Crippen LogP contribution < -0.4 is 19.7 Å². The van der Waals surface area contributed by atoms with Gasteiger partial charge in [-0.05, 0) is 36.2 Å². The van der Waals surface area contributed by atoms with E-state index >= 15 is 0 Å². The van der Waals surface area contributed by atoms with E-state index in [1.807, 2.05) is 24.3 Å². The Balaban J connectivity index is 1.68. The number of carbonyl (C=O) groups excluding carboxylic acids is 2. The Morgan fingerprint density at radius 2 is 2.08 bits per heavy atom. The fraction of sp³-hybridized carbons (Fsp3) is 0.263. The van der Waals surface area contributed by atoms with Gasteiger partial charge in [-0.2, -0.15) is 0 Å². The number of nitrogens with zero attached hydrogens (tertiary/aromatic N) is 1. The van der Waals surface area contributed by atoms with Crippen molar-refractivity contribution >= 4 is 23.2 Å². The molecule has 3 rings (SSSR count). The zero-order valence-electron chi connectivity index (χ0n) is 14.2. The number of hydrogen-bond acceptors (Lipinski definition) is 4. The lowest BCUT2D eigenvalue weighted by molar-refractivity contribution is -0.121. The van der Waals surface area contributed by atoms with Crippen molar-refractivity contribution in [1.82, 2.24) is 0 Å². The number of nitrogens with one attached hydrogen (secondary N) is 1.